The zero-order chi connectivity index (χ0) is 19.5. The first-order chi connectivity index (χ1) is 12.4. The van der Waals surface area contributed by atoms with E-state index in [1.807, 2.05) is 0 Å². The number of aliphatic hydroxyl groups is 1. The van der Waals surface area contributed by atoms with Crippen molar-refractivity contribution in [3.63, 3.8) is 0 Å². The largest absolute Gasteiger partial charge is 0.481 e. The van der Waals surface area contributed by atoms with Gasteiger partial charge in [0.15, 0.2) is 0 Å². The minimum atomic E-state index is -0.726. The normalized spacial score (nSPS) is 28.6. The molecule has 0 radical (unpaired) electrons. The third-order valence-corrected chi connectivity index (χ3v) is 6.80. The first kappa shape index (κ1) is 23.4. The maximum Gasteiger partial charge on any atom is 0.303 e. The molecule has 0 amide bonds. The number of allylic oxidation sites excluding steroid dienone is 2. The molecule has 1 aliphatic carbocycles. The monoisotopic (exact) mass is 382 g/mol. The standard InChI is InChI=1S/C22H39O3P/c1-5-18(12-13-26-4)14-16(2)22-17(3)15-20(23)19(22)10-8-6-7-9-11-21(24)25/h6,8,16-20,22-23H,4-5,7,9-15H2,1-3H3,(H,24,25). The van der Waals surface area contributed by atoms with Crippen molar-refractivity contribution in [2.45, 2.75) is 78.2 Å². The molecule has 2 N–H and O–H groups in total. The van der Waals surface area contributed by atoms with Gasteiger partial charge < -0.3 is 10.2 Å². The van der Waals surface area contributed by atoms with Crippen molar-refractivity contribution in [1.29, 1.82) is 0 Å². The summed E-state index contributed by atoms with van der Waals surface area (Å²) < 4.78 is 0. The Bertz CT molecular complexity index is 449. The molecule has 0 aliphatic heterocycles. The molecule has 0 saturated heterocycles. The Morgan fingerprint density at radius 2 is 2.12 bits per heavy atom. The molecule has 1 rings (SSSR count). The molecule has 1 fully saturated rings. The smallest absolute Gasteiger partial charge is 0.303 e. The number of aliphatic hydroxyl groups excluding tert-OH is 1. The number of aliphatic carboxylic acids is 1. The SMILES string of the molecule is C=PCCC(CC)CC(C)C1C(C)CC(O)C1CC=CCCCC(=O)O. The third kappa shape index (κ3) is 7.92. The Morgan fingerprint density at radius 1 is 1.38 bits per heavy atom. The summed E-state index contributed by atoms with van der Waals surface area (Å²) >= 11 is 0. The average Bonchev–Trinajstić information content (AvgIpc) is 2.87. The van der Waals surface area contributed by atoms with Crippen LogP contribution in [-0.4, -0.2) is 34.7 Å². The molecule has 1 saturated carbocycles. The summed E-state index contributed by atoms with van der Waals surface area (Å²) in [5, 5.41) is 19.3. The number of carboxylic acids is 1. The lowest BCUT2D eigenvalue weighted by atomic mass is 9.74. The summed E-state index contributed by atoms with van der Waals surface area (Å²) in [4.78, 5) is 10.6. The second kappa shape index (κ2) is 12.7. The van der Waals surface area contributed by atoms with E-state index in [4.69, 9.17) is 5.11 Å². The molecule has 0 heterocycles. The molecule has 6 atom stereocenters. The highest BCUT2D eigenvalue weighted by atomic mass is 31.1. The van der Waals surface area contributed by atoms with Crippen molar-refractivity contribution < 1.29 is 15.0 Å². The molecule has 3 nitrogen and oxygen atoms in total. The number of carboxylic acid groups (broad SMARTS) is 1. The number of unbranched alkanes of at least 4 members (excludes halogenated alkanes) is 1. The quantitative estimate of drug-likeness (QED) is 0.246. The second-order valence-corrected chi connectivity index (χ2v) is 9.13. The van der Waals surface area contributed by atoms with Crippen molar-refractivity contribution in [3.05, 3.63) is 12.2 Å². The average molecular weight is 383 g/mol. The molecule has 0 spiro atoms. The fourth-order valence-corrected chi connectivity index (χ4v) is 5.42. The molecule has 0 bridgehead atoms. The summed E-state index contributed by atoms with van der Waals surface area (Å²) in [6.45, 7) is 6.98. The fraction of sp³-hybridized carbons (Fsp3) is 0.818. The molecule has 4 heteroatoms. The van der Waals surface area contributed by atoms with Crippen molar-refractivity contribution in [1.82, 2.24) is 0 Å². The Hall–Kier alpha value is -0.660. The number of rotatable bonds is 13. The first-order valence-electron chi connectivity index (χ1n) is 10.4. The summed E-state index contributed by atoms with van der Waals surface area (Å²) in [7, 11) is 1.25. The summed E-state index contributed by atoms with van der Waals surface area (Å²) in [6, 6.07) is 0. The number of hydrogen-bond acceptors (Lipinski definition) is 2. The molecule has 26 heavy (non-hydrogen) atoms. The van der Waals surface area contributed by atoms with Crippen LogP contribution < -0.4 is 0 Å². The van der Waals surface area contributed by atoms with E-state index in [0.717, 1.165) is 25.2 Å². The van der Waals surface area contributed by atoms with Crippen molar-refractivity contribution in [3.8, 4) is 0 Å². The van der Waals surface area contributed by atoms with Crippen molar-refractivity contribution in [2.75, 3.05) is 6.16 Å². The van der Waals surface area contributed by atoms with Gasteiger partial charge in [-0.2, -0.15) is 0 Å². The lowest BCUT2D eigenvalue weighted by Gasteiger charge is -2.31. The molecule has 0 aromatic rings. The van der Waals surface area contributed by atoms with Gasteiger partial charge in [0.25, 0.3) is 0 Å². The highest BCUT2D eigenvalue weighted by molar-refractivity contribution is 7.36. The molecule has 0 aromatic carbocycles. The van der Waals surface area contributed by atoms with E-state index in [-0.39, 0.29) is 12.5 Å². The predicted molar refractivity (Wildman–Crippen MR) is 113 cm³/mol. The van der Waals surface area contributed by atoms with E-state index in [0.29, 0.717) is 30.1 Å². The molecule has 6 unspecified atom stereocenters. The highest BCUT2D eigenvalue weighted by Gasteiger charge is 2.42. The van der Waals surface area contributed by atoms with Gasteiger partial charge in [-0.15, -0.1) is 8.20 Å². The maximum absolute atomic E-state index is 10.6. The van der Waals surface area contributed by atoms with E-state index in [9.17, 15) is 9.90 Å². The van der Waals surface area contributed by atoms with E-state index in [1.165, 1.54) is 33.6 Å². The number of hydrogen-bond donors (Lipinski definition) is 2. The van der Waals surface area contributed by atoms with Gasteiger partial charge in [0.05, 0.1) is 6.10 Å². The third-order valence-electron chi connectivity index (χ3n) is 6.23. The van der Waals surface area contributed by atoms with Crippen molar-refractivity contribution >= 4 is 20.5 Å². The topological polar surface area (TPSA) is 57.5 Å². The molecular formula is C22H39O3P. The highest BCUT2D eigenvalue weighted by Crippen LogP contribution is 2.45. The van der Waals surface area contributed by atoms with Crippen LogP contribution in [0.2, 0.25) is 0 Å². The second-order valence-electron chi connectivity index (χ2n) is 8.24. The Balaban J connectivity index is 2.57. The fourth-order valence-electron chi connectivity index (χ4n) is 4.88. The van der Waals surface area contributed by atoms with Crippen LogP contribution >= 0.6 is 8.20 Å². The summed E-state index contributed by atoms with van der Waals surface area (Å²) in [6.07, 6.45) is 16.5. The Labute approximate surface area is 162 Å². The lowest BCUT2D eigenvalue weighted by molar-refractivity contribution is -0.137. The number of carbonyl (C=O) groups is 1. The van der Waals surface area contributed by atoms with Crippen LogP contribution in [0.15, 0.2) is 12.2 Å². The zero-order valence-electron chi connectivity index (χ0n) is 16.9. The van der Waals surface area contributed by atoms with Crippen LogP contribution in [0, 0.1) is 29.6 Å². The summed E-state index contributed by atoms with van der Waals surface area (Å²) in [5.41, 5.74) is 0. The van der Waals surface area contributed by atoms with Gasteiger partial charge >= 0.3 is 5.97 Å². The van der Waals surface area contributed by atoms with Gasteiger partial charge in [-0.25, -0.2) is 0 Å². The van der Waals surface area contributed by atoms with Crippen LogP contribution in [0.25, 0.3) is 0 Å². The first-order valence-corrected chi connectivity index (χ1v) is 11.6. The van der Waals surface area contributed by atoms with E-state index in [1.54, 1.807) is 0 Å². The Morgan fingerprint density at radius 3 is 2.73 bits per heavy atom. The molecular weight excluding hydrogens is 343 g/mol. The van der Waals surface area contributed by atoms with Gasteiger partial charge in [0.1, 0.15) is 0 Å². The lowest BCUT2D eigenvalue weighted by Crippen LogP contribution is -2.26. The van der Waals surface area contributed by atoms with E-state index >= 15 is 0 Å². The van der Waals surface area contributed by atoms with Gasteiger partial charge in [-0.05, 0) is 74.3 Å². The molecule has 1 aliphatic rings. The Kier molecular flexibility index (Phi) is 11.4. The van der Waals surface area contributed by atoms with Crippen molar-refractivity contribution in [2.24, 2.45) is 29.6 Å². The summed E-state index contributed by atoms with van der Waals surface area (Å²) in [5.74, 6) is 2.19. The predicted octanol–water partition coefficient (Wildman–Crippen LogP) is 5.64. The van der Waals surface area contributed by atoms with Crippen LogP contribution in [0.4, 0.5) is 0 Å². The van der Waals surface area contributed by atoms with Gasteiger partial charge in [-0.3, -0.25) is 4.79 Å². The van der Waals surface area contributed by atoms with Crippen LogP contribution in [-0.2, 0) is 4.79 Å². The maximum atomic E-state index is 10.6. The zero-order valence-corrected chi connectivity index (χ0v) is 17.8. The van der Waals surface area contributed by atoms with Crippen LogP contribution in [0.1, 0.15) is 72.1 Å². The molecule has 150 valence electrons. The van der Waals surface area contributed by atoms with E-state index in [2.05, 4.69) is 39.2 Å². The minimum absolute atomic E-state index is 0.195. The van der Waals surface area contributed by atoms with Gasteiger partial charge in [0, 0.05) is 6.42 Å². The van der Waals surface area contributed by atoms with Crippen LogP contribution in [0.5, 0.6) is 0 Å². The molecule has 0 aromatic heterocycles. The van der Waals surface area contributed by atoms with Gasteiger partial charge in [0.2, 0.25) is 0 Å². The minimum Gasteiger partial charge on any atom is -0.481 e. The van der Waals surface area contributed by atoms with E-state index < -0.39 is 5.97 Å². The van der Waals surface area contributed by atoms with Crippen LogP contribution in [0.3, 0.4) is 0 Å². The van der Waals surface area contributed by atoms with Gasteiger partial charge in [-0.1, -0.05) is 45.6 Å².